The smallest absolute Gasteiger partial charge is 0.404 e. The number of sulfonamides is 1. The van der Waals surface area contributed by atoms with Crippen LogP contribution in [-0.4, -0.2) is 47.8 Å². The summed E-state index contributed by atoms with van der Waals surface area (Å²) in [5, 5.41) is 0. The first-order valence-corrected chi connectivity index (χ1v) is 11.3. The van der Waals surface area contributed by atoms with Gasteiger partial charge >= 0.3 is 6.09 Å². The summed E-state index contributed by atoms with van der Waals surface area (Å²) >= 11 is 0. The van der Waals surface area contributed by atoms with Crippen molar-refractivity contribution in [2.45, 2.75) is 24.2 Å². The predicted molar refractivity (Wildman–Crippen MR) is 118 cm³/mol. The molecule has 0 radical (unpaired) electrons. The van der Waals surface area contributed by atoms with E-state index in [2.05, 4.69) is 4.72 Å². The Balaban J connectivity index is 1.87. The summed E-state index contributed by atoms with van der Waals surface area (Å²) in [6, 6.07) is 9.19. The van der Waals surface area contributed by atoms with Gasteiger partial charge in [-0.1, -0.05) is 0 Å². The molecule has 2 aromatic carbocycles. The van der Waals surface area contributed by atoms with Gasteiger partial charge in [-0.3, -0.25) is 9.52 Å². The lowest BCUT2D eigenvalue weighted by molar-refractivity contribution is -0.117. The first kappa shape index (κ1) is 23.2. The molecule has 1 fully saturated rings. The van der Waals surface area contributed by atoms with Crippen LogP contribution in [0.5, 0.6) is 11.5 Å². The van der Waals surface area contributed by atoms with Crippen LogP contribution in [0.15, 0.2) is 41.3 Å². The second-order valence-electron chi connectivity index (χ2n) is 7.03. The first-order valence-electron chi connectivity index (χ1n) is 9.85. The summed E-state index contributed by atoms with van der Waals surface area (Å²) in [4.78, 5) is 24.4. The number of nitrogens with two attached hydrogens (primary N) is 1. The molecule has 10 nitrogen and oxygen atoms in total. The molecule has 2 amide bonds. The number of ether oxygens (including phenoxy) is 3. The number of hydrogen-bond donors (Lipinski definition) is 2. The van der Waals surface area contributed by atoms with Crippen LogP contribution < -0.4 is 24.8 Å². The zero-order valence-electron chi connectivity index (χ0n) is 17.8. The maximum atomic E-state index is 13.0. The van der Waals surface area contributed by atoms with E-state index >= 15 is 0 Å². The molecule has 0 spiro atoms. The molecule has 11 heteroatoms. The van der Waals surface area contributed by atoms with Gasteiger partial charge in [-0.25, -0.2) is 13.2 Å². The molecule has 1 saturated heterocycles. The van der Waals surface area contributed by atoms with Crippen molar-refractivity contribution in [3.8, 4) is 11.5 Å². The lowest BCUT2D eigenvalue weighted by Gasteiger charge is -2.18. The van der Waals surface area contributed by atoms with Gasteiger partial charge in [0.05, 0.1) is 31.4 Å². The highest BCUT2D eigenvalue weighted by Gasteiger charge is 2.23. The molecule has 172 valence electrons. The van der Waals surface area contributed by atoms with Gasteiger partial charge in [-0.2, -0.15) is 0 Å². The Morgan fingerprint density at radius 1 is 1.12 bits per heavy atom. The fourth-order valence-corrected chi connectivity index (χ4v) is 4.51. The number of hydrogen-bond acceptors (Lipinski definition) is 7. The molecule has 0 aromatic heterocycles. The van der Waals surface area contributed by atoms with Gasteiger partial charge < -0.3 is 24.8 Å². The minimum atomic E-state index is -3.96. The molecule has 1 heterocycles. The van der Waals surface area contributed by atoms with Crippen LogP contribution in [0.4, 0.5) is 16.2 Å². The standard InChI is InChI=1S/C21H25N3O7S/c1-29-18-12-14(9-11-31-21(22)26)17(13-19(18)30-2)23-32(27,28)16-7-5-15(6-8-16)24-10-3-4-20(24)25/h5-8,12-13,23H,3-4,9-11H2,1-2H3,(H2,22,26). The van der Waals surface area contributed by atoms with Crippen LogP contribution in [0, 0.1) is 0 Å². The van der Waals surface area contributed by atoms with E-state index in [1.165, 1.54) is 32.4 Å². The summed E-state index contributed by atoms with van der Waals surface area (Å²) in [6.07, 6.45) is 0.534. The first-order chi connectivity index (χ1) is 15.2. The van der Waals surface area contributed by atoms with Gasteiger partial charge in [0.25, 0.3) is 10.0 Å². The highest BCUT2D eigenvalue weighted by atomic mass is 32.2. The Morgan fingerprint density at radius 3 is 2.34 bits per heavy atom. The number of nitrogens with zero attached hydrogens (tertiary/aromatic N) is 1. The maximum absolute atomic E-state index is 13.0. The Bertz CT molecular complexity index is 1100. The molecule has 3 N–H and O–H groups in total. The van der Waals surface area contributed by atoms with Crippen molar-refractivity contribution in [1.82, 2.24) is 0 Å². The number of benzene rings is 2. The van der Waals surface area contributed by atoms with Crippen molar-refractivity contribution in [3.05, 3.63) is 42.0 Å². The van der Waals surface area contributed by atoms with Gasteiger partial charge in [0, 0.05) is 31.1 Å². The molecule has 0 aliphatic carbocycles. The number of primary amides is 1. The quantitative estimate of drug-likeness (QED) is 0.582. The van der Waals surface area contributed by atoms with Gasteiger partial charge in [-0.05, 0) is 42.3 Å². The van der Waals surface area contributed by atoms with Gasteiger partial charge in [-0.15, -0.1) is 0 Å². The Kier molecular flexibility index (Phi) is 7.08. The van der Waals surface area contributed by atoms with E-state index in [1.54, 1.807) is 23.1 Å². The zero-order valence-corrected chi connectivity index (χ0v) is 18.6. The molecule has 0 saturated carbocycles. The van der Waals surface area contributed by atoms with Gasteiger partial charge in [0.15, 0.2) is 11.5 Å². The number of methoxy groups -OCH3 is 2. The summed E-state index contributed by atoms with van der Waals surface area (Å²) < 4.78 is 43.9. The summed E-state index contributed by atoms with van der Waals surface area (Å²) in [5.41, 5.74) is 6.42. The van der Waals surface area contributed by atoms with Crippen LogP contribution in [-0.2, 0) is 26.0 Å². The minimum Gasteiger partial charge on any atom is -0.493 e. The monoisotopic (exact) mass is 463 g/mol. The van der Waals surface area contributed by atoms with E-state index in [4.69, 9.17) is 19.9 Å². The molecule has 1 aliphatic rings. The van der Waals surface area contributed by atoms with E-state index in [0.717, 1.165) is 6.42 Å². The number of anilines is 2. The average Bonchev–Trinajstić information content (AvgIpc) is 3.19. The Morgan fingerprint density at radius 2 is 1.78 bits per heavy atom. The lowest BCUT2D eigenvalue weighted by atomic mass is 10.1. The molecule has 0 atom stereocenters. The van der Waals surface area contributed by atoms with Crippen LogP contribution in [0.2, 0.25) is 0 Å². The Labute approximate surface area is 186 Å². The van der Waals surface area contributed by atoms with E-state index in [-0.39, 0.29) is 29.5 Å². The fraction of sp³-hybridized carbons (Fsp3) is 0.333. The zero-order chi connectivity index (χ0) is 23.3. The summed E-state index contributed by atoms with van der Waals surface area (Å²) in [6.45, 7) is 0.573. The van der Waals surface area contributed by atoms with Crippen molar-refractivity contribution in [2.75, 3.05) is 37.0 Å². The summed E-state index contributed by atoms with van der Waals surface area (Å²) in [7, 11) is -1.07. The molecule has 0 unspecified atom stereocenters. The van der Waals surface area contributed by atoms with Gasteiger partial charge in [0.2, 0.25) is 5.91 Å². The van der Waals surface area contributed by atoms with E-state index < -0.39 is 16.1 Å². The second-order valence-corrected chi connectivity index (χ2v) is 8.71. The summed E-state index contributed by atoms with van der Waals surface area (Å²) in [5.74, 6) is 0.740. The minimum absolute atomic E-state index is 0.0203. The van der Waals surface area contributed by atoms with Gasteiger partial charge in [0.1, 0.15) is 0 Å². The molecule has 0 bridgehead atoms. The number of carbonyl (C=O) groups excluding carboxylic acids is 2. The predicted octanol–water partition coefficient (Wildman–Crippen LogP) is 2.27. The molecular formula is C21H25N3O7S. The van der Waals surface area contributed by atoms with Crippen LogP contribution >= 0.6 is 0 Å². The highest BCUT2D eigenvalue weighted by molar-refractivity contribution is 7.92. The third-order valence-corrected chi connectivity index (χ3v) is 6.38. The van der Waals surface area contributed by atoms with E-state index in [1.807, 2.05) is 0 Å². The van der Waals surface area contributed by atoms with Crippen LogP contribution in [0.25, 0.3) is 0 Å². The average molecular weight is 464 g/mol. The van der Waals surface area contributed by atoms with Crippen LogP contribution in [0.1, 0.15) is 18.4 Å². The molecule has 1 aliphatic heterocycles. The number of rotatable bonds is 9. The molecule has 32 heavy (non-hydrogen) atoms. The van der Waals surface area contributed by atoms with Crippen molar-refractivity contribution in [3.63, 3.8) is 0 Å². The third-order valence-electron chi connectivity index (χ3n) is 5.00. The van der Waals surface area contributed by atoms with Crippen molar-refractivity contribution in [2.24, 2.45) is 5.73 Å². The lowest BCUT2D eigenvalue weighted by Crippen LogP contribution is -2.23. The number of amides is 2. The SMILES string of the molecule is COc1cc(CCOC(N)=O)c(NS(=O)(=O)c2ccc(N3CCCC3=O)cc2)cc1OC. The third kappa shape index (κ3) is 5.22. The van der Waals surface area contributed by atoms with Crippen LogP contribution in [0.3, 0.4) is 0 Å². The molecule has 3 rings (SSSR count). The molecular weight excluding hydrogens is 438 g/mol. The molecule has 2 aromatic rings. The maximum Gasteiger partial charge on any atom is 0.404 e. The topological polar surface area (TPSA) is 137 Å². The van der Waals surface area contributed by atoms with Crippen molar-refractivity contribution in [1.29, 1.82) is 0 Å². The van der Waals surface area contributed by atoms with Crippen molar-refractivity contribution >= 4 is 33.4 Å². The second kappa shape index (κ2) is 9.77. The highest BCUT2D eigenvalue weighted by Crippen LogP contribution is 2.35. The van der Waals surface area contributed by atoms with E-state index in [9.17, 15) is 18.0 Å². The van der Waals surface area contributed by atoms with E-state index in [0.29, 0.717) is 35.7 Å². The largest absolute Gasteiger partial charge is 0.493 e. The number of carbonyl (C=O) groups is 2. The Hall–Kier alpha value is -3.47. The fourth-order valence-electron chi connectivity index (χ4n) is 3.41. The number of nitrogens with one attached hydrogen (secondary N) is 1. The van der Waals surface area contributed by atoms with Crippen molar-refractivity contribution < 1.29 is 32.2 Å². The normalized spacial score (nSPS) is 13.7.